The zero-order valence-corrected chi connectivity index (χ0v) is 46.8. The highest BCUT2D eigenvalue weighted by Crippen LogP contribution is 2.50. The van der Waals surface area contributed by atoms with Crippen LogP contribution in [0.25, 0.3) is 41.7 Å². The SMILES string of the molecule is [C-]#[N+]/C(C#N)=C1/C(=C(C)C)C(=O)c2csc(Br)c21.[C-]#[N+]/C(C)=C1/C(=C(C)C)C(=O)c2c1csc2Br.[C-]#[N+]/C(C)=C1/C(=C(C)C)C(=O)c2c1csc2Cl.[C-]#[N+]/C(C)=C1/C(=C(C)C)C(=O)c2sc(Cl)cc21. The average Bonchev–Trinajstić information content (AvgIpc) is 4.18. The van der Waals surface area contributed by atoms with Crippen molar-refractivity contribution in [3.63, 3.8) is 0 Å². The topological polar surface area (TPSA) is 110 Å². The number of carbonyl (C=O) groups excluding carboxylic acids is 4. The van der Waals surface area contributed by atoms with Crippen molar-refractivity contribution in [2.24, 2.45) is 0 Å². The minimum Gasteiger partial charge on any atom is -0.289 e. The molecule has 0 saturated carbocycles. The molecule has 69 heavy (non-hydrogen) atoms. The van der Waals surface area contributed by atoms with Crippen LogP contribution in [-0.2, 0) is 0 Å². The van der Waals surface area contributed by atoms with Crippen LogP contribution in [0.3, 0.4) is 0 Å². The number of hydrogen-bond donors (Lipinski definition) is 0. The fraction of sp³-hybridized carbons (Fsp3) is 0.212. The highest BCUT2D eigenvalue weighted by atomic mass is 79.9. The number of nitriles is 1. The number of hydrogen-bond acceptors (Lipinski definition) is 9. The number of ketones is 4. The Labute approximate surface area is 444 Å². The summed E-state index contributed by atoms with van der Waals surface area (Å²) >= 11 is 24.3. The van der Waals surface area contributed by atoms with Gasteiger partial charge in [0, 0.05) is 44.4 Å². The molecule has 0 amide bonds. The summed E-state index contributed by atoms with van der Waals surface area (Å²) in [5.41, 5.74) is 15.6. The fourth-order valence-electron chi connectivity index (χ4n) is 7.97. The number of halogens is 4. The van der Waals surface area contributed by atoms with Crippen LogP contribution in [0.4, 0.5) is 0 Å². The Morgan fingerprint density at radius 3 is 1.35 bits per heavy atom. The maximum Gasteiger partial charge on any atom is 0.270 e. The molecule has 17 heteroatoms. The van der Waals surface area contributed by atoms with Gasteiger partial charge in [-0.15, -0.1) is 45.3 Å². The van der Waals surface area contributed by atoms with Gasteiger partial charge in [-0.1, -0.05) is 45.5 Å². The molecule has 4 aromatic heterocycles. The summed E-state index contributed by atoms with van der Waals surface area (Å²) in [5, 5.41) is 14.6. The maximum atomic E-state index is 12.3. The molecule has 4 aliphatic rings. The zero-order chi connectivity index (χ0) is 51.7. The van der Waals surface area contributed by atoms with E-state index in [1.165, 1.54) is 45.3 Å². The lowest BCUT2D eigenvalue weighted by Gasteiger charge is -2.04. The van der Waals surface area contributed by atoms with Gasteiger partial charge in [0.15, 0.2) is 34.4 Å². The Morgan fingerprint density at radius 2 is 0.899 bits per heavy atom. The Hall–Kier alpha value is -5.61. The third-order valence-electron chi connectivity index (χ3n) is 10.9. The lowest BCUT2D eigenvalue weighted by atomic mass is 10.00. The molecule has 346 valence electrons. The van der Waals surface area contributed by atoms with Crippen LogP contribution in [-0.4, -0.2) is 23.1 Å². The maximum absolute atomic E-state index is 12.3. The monoisotopic (exact) mass is 1150 g/mol. The molecule has 4 heterocycles. The normalized spacial score (nSPS) is 16.7. The van der Waals surface area contributed by atoms with Crippen molar-refractivity contribution in [2.75, 3.05) is 0 Å². The summed E-state index contributed by atoms with van der Waals surface area (Å²) in [4.78, 5) is 63.4. The van der Waals surface area contributed by atoms with E-state index in [1.807, 2.05) is 72.2 Å². The van der Waals surface area contributed by atoms with Gasteiger partial charge in [0.1, 0.15) is 4.34 Å². The van der Waals surface area contributed by atoms with E-state index in [4.69, 9.17) is 54.8 Å². The second-order valence-electron chi connectivity index (χ2n) is 16.2. The molecule has 0 spiro atoms. The Kier molecular flexibility index (Phi) is 17.3. The van der Waals surface area contributed by atoms with Crippen molar-refractivity contribution in [3.05, 3.63) is 195 Å². The summed E-state index contributed by atoms with van der Waals surface area (Å²) in [6.45, 7) is 48.7. The van der Waals surface area contributed by atoms with Crippen molar-refractivity contribution >= 4 is 146 Å². The first-order valence-corrected chi connectivity index (χ1v) is 26.1. The van der Waals surface area contributed by atoms with Gasteiger partial charge in [0.25, 0.3) is 5.70 Å². The number of carbonyl (C=O) groups is 4. The van der Waals surface area contributed by atoms with Gasteiger partial charge in [-0.05, 0) is 158 Å². The minimum absolute atomic E-state index is 0.00472. The van der Waals surface area contributed by atoms with E-state index in [9.17, 15) is 19.2 Å². The smallest absolute Gasteiger partial charge is 0.270 e. The predicted molar refractivity (Wildman–Crippen MR) is 290 cm³/mol. The second-order valence-corrected chi connectivity index (χ2v) is 23.7. The molecule has 0 atom stereocenters. The standard InChI is InChI=1S/C13H7BrN2OS.C13H10BrNOS.2C13H10ClNOS/c1-6(2)9-11(8(4-15)16-3)10-7(12(9)17)5-18-13(10)14;2*1-6(2)9-10(7(3)15-4)8-5-17-13(14)11(8)12(9)16;1-6(2)10-11(7(3)15-4)8-5-9(14)17-13(8)12(10)16/h5H,1-2H3;3*5H,1-3H3/b11-8-;2*10-7+;11-7+. The first-order valence-electron chi connectivity index (χ1n) is 20.3. The number of allylic oxidation sites excluding steroid dienone is 16. The van der Waals surface area contributed by atoms with E-state index < -0.39 is 0 Å². The van der Waals surface area contributed by atoms with Gasteiger partial charge in [0.2, 0.25) is 5.78 Å². The molecule has 0 aromatic carbocycles. The van der Waals surface area contributed by atoms with Crippen molar-refractivity contribution in [2.45, 2.75) is 76.2 Å². The molecule has 0 bridgehead atoms. The summed E-state index contributed by atoms with van der Waals surface area (Å²) < 4.78 is 2.74. The molecule has 8 rings (SSSR count). The largest absolute Gasteiger partial charge is 0.289 e. The molecule has 0 N–H and O–H groups in total. The zero-order valence-electron chi connectivity index (χ0n) is 38.8. The van der Waals surface area contributed by atoms with E-state index >= 15 is 0 Å². The number of thiophene rings is 4. The van der Waals surface area contributed by atoms with E-state index in [2.05, 4.69) is 51.2 Å². The molecular formula is C52H37Br2Cl2N5O4S4. The number of nitrogens with zero attached hydrogens (tertiary/aromatic N) is 5. The molecule has 4 aromatic rings. The highest BCUT2D eigenvalue weighted by molar-refractivity contribution is 9.11. The van der Waals surface area contributed by atoms with E-state index in [0.717, 1.165) is 63.3 Å². The summed E-state index contributed by atoms with van der Waals surface area (Å²) in [6, 6.07) is 3.66. The molecule has 0 fully saturated rings. The van der Waals surface area contributed by atoms with Crippen molar-refractivity contribution in [3.8, 4) is 6.07 Å². The number of fused-ring (bicyclic) bond motifs is 4. The second kappa shape index (κ2) is 22.0. The van der Waals surface area contributed by atoms with Crippen LogP contribution in [0, 0.1) is 37.6 Å². The van der Waals surface area contributed by atoms with Gasteiger partial charge in [-0.25, -0.2) is 24.6 Å². The van der Waals surface area contributed by atoms with Crippen LogP contribution in [0.5, 0.6) is 0 Å². The Balaban J connectivity index is 0.000000172. The molecule has 0 aliphatic heterocycles. The molecule has 0 saturated heterocycles. The van der Waals surface area contributed by atoms with E-state index in [1.54, 1.807) is 32.2 Å². The number of rotatable bonds is 0. The van der Waals surface area contributed by atoms with Gasteiger partial charge in [0.05, 0.1) is 60.3 Å². The van der Waals surface area contributed by atoms with Crippen molar-refractivity contribution in [1.82, 2.24) is 0 Å². The van der Waals surface area contributed by atoms with Gasteiger partial charge in [-0.3, -0.25) is 19.2 Å². The van der Waals surface area contributed by atoms with Gasteiger partial charge < -0.3 is 0 Å². The van der Waals surface area contributed by atoms with Crippen LogP contribution >= 0.6 is 100 Å². The quantitative estimate of drug-likeness (QED) is 0.0990. The minimum atomic E-state index is -0.0987. The van der Waals surface area contributed by atoms with Crippen LogP contribution in [0.15, 0.2) is 97.2 Å². The molecule has 4 aliphatic carbocycles. The van der Waals surface area contributed by atoms with E-state index in [0.29, 0.717) is 80.8 Å². The molecule has 0 radical (unpaired) electrons. The molecular weight excluding hydrogens is 1120 g/mol. The summed E-state index contributed by atoms with van der Waals surface area (Å²) in [5.74, 6) is -0.122. The van der Waals surface area contributed by atoms with E-state index in [-0.39, 0.29) is 28.8 Å². The Morgan fingerprint density at radius 1 is 0.507 bits per heavy atom. The Bertz CT molecular complexity index is 3340. The summed E-state index contributed by atoms with van der Waals surface area (Å²) in [7, 11) is 0. The average molecular weight is 1150 g/mol. The summed E-state index contributed by atoms with van der Waals surface area (Å²) in [6.07, 6.45) is 0. The first-order chi connectivity index (χ1) is 32.5. The lowest BCUT2D eigenvalue weighted by molar-refractivity contribution is 0.103. The lowest BCUT2D eigenvalue weighted by Crippen LogP contribution is -1.98. The number of Topliss-reactive ketones (excluding diaryl/α,β-unsaturated/α-hetero) is 4. The fourth-order valence-corrected chi connectivity index (χ4v) is 13.2. The predicted octanol–water partition coefficient (Wildman–Crippen LogP) is 18.1. The van der Waals surface area contributed by atoms with Gasteiger partial charge >= 0.3 is 0 Å². The highest BCUT2D eigenvalue weighted by Gasteiger charge is 2.38. The molecule has 9 nitrogen and oxygen atoms in total. The third kappa shape index (κ3) is 9.93. The van der Waals surface area contributed by atoms with Crippen molar-refractivity contribution in [1.29, 1.82) is 5.26 Å². The third-order valence-corrected chi connectivity index (χ3v) is 16.8. The van der Waals surface area contributed by atoms with Crippen LogP contribution < -0.4 is 0 Å². The van der Waals surface area contributed by atoms with Crippen molar-refractivity contribution < 1.29 is 19.2 Å². The molecule has 0 unspecified atom stereocenters. The first kappa shape index (κ1) is 54.3. The van der Waals surface area contributed by atoms with Crippen LogP contribution in [0.2, 0.25) is 8.67 Å². The van der Waals surface area contributed by atoms with Gasteiger partial charge in [-0.2, -0.15) is 0 Å². The van der Waals surface area contributed by atoms with Crippen LogP contribution in [0.1, 0.15) is 139 Å².